The average molecular weight is 334 g/mol. The second-order valence-electron chi connectivity index (χ2n) is 5.98. The van der Waals surface area contributed by atoms with E-state index >= 15 is 0 Å². The molecule has 3 rings (SSSR count). The van der Waals surface area contributed by atoms with E-state index < -0.39 is 11.7 Å². The standard InChI is InChI=1S/C18H17F3N2O/c19-18(20,21)14-6-4-12(5-7-14)11-23(16-8-9-16)17(24)13-2-1-3-15(22)10-13/h1-7,10,16H,8-9,11,22H2. The SMILES string of the molecule is Nc1cccc(C(=O)N(Cc2ccc(C(F)(F)F)cc2)C2CC2)c1. The molecule has 0 heterocycles. The van der Waals surface area contributed by atoms with Crippen LogP contribution in [0.3, 0.4) is 0 Å². The smallest absolute Gasteiger partial charge is 0.399 e. The number of carbonyl (C=O) groups is 1. The molecular formula is C18H17F3N2O. The number of halogens is 3. The summed E-state index contributed by atoms with van der Waals surface area (Å²) in [7, 11) is 0. The number of amides is 1. The van der Waals surface area contributed by atoms with Crippen LogP contribution in [0, 0.1) is 0 Å². The molecule has 0 aromatic heterocycles. The van der Waals surface area contributed by atoms with Crippen LogP contribution in [-0.2, 0) is 12.7 Å². The summed E-state index contributed by atoms with van der Waals surface area (Å²) in [5, 5.41) is 0. The second kappa shape index (κ2) is 6.19. The van der Waals surface area contributed by atoms with E-state index in [-0.39, 0.29) is 18.5 Å². The Morgan fingerprint density at radius 1 is 1.12 bits per heavy atom. The summed E-state index contributed by atoms with van der Waals surface area (Å²) < 4.78 is 37.9. The number of rotatable bonds is 4. The Labute approximate surface area is 137 Å². The molecule has 1 amide bonds. The highest BCUT2D eigenvalue weighted by Crippen LogP contribution is 2.32. The van der Waals surface area contributed by atoms with Crippen LogP contribution in [0.2, 0.25) is 0 Å². The molecule has 2 aromatic carbocycles. The summed E-state index contributed by atoms with van der Waals surface area (Å²) in [6.07, 6.45) is -2.53. The lowest BCUT2D eigenvalue weighted by atomic mass is 10.1. The third kappa shape index (κ3) is 3.69. The molecule has 0 radical (unpaired) electrons. The van der Waals surface area contributed by atoms with Crippen LogP contribution in [0.4, 0.5) is 18.9 Å². The zero-order valence-electron chi connectivity index (χ0n) is 12.9. The first-order valence-corrected chi connectivity index (χ1v) is 7.67. The van der Waals surface area contributed by atoms with E-state index in [9.17, 15) is 18.0 Å². The maximum absolute atomic E-state index is 12.7. The van der Waals surface area contributed by atoms with Crippen molar-refractivity contribution >= 4 is 11.6 Å². The molecule has 0 saturated heterocycles. The Hall–Kier alpha value is -2.50. The minimum atomic E-state index is -4.36. The van der Waals surface area contributed by atoms with Crippen molar-refractivity contribution in [3.05, 3.63) is 65.2 Å². The maximum Gasteiger partial charge on any atom is 0.416 e. The van der Waals surface area contributed by atoms with Gasteiger partial charge in [0.05, 0.1) is 5.56 Å². The molecule has 0 atom stereocenters. The van der Waals surface area contributed by atoms with Gasteiger partial charge in [-0.3, -0.25) is 4.79 Å². The number of nitrogens with two attached hydrogens (primary N) is 1. The number of nitrogens with zero attached hydrogens (tertiary/aromatic N) is 1. The first-order chi connectivity index (χ1) is 11.3. The molecule has 0 aliphatic heterocycles. The van der Waals surface area contributed by atoms with E-state index in [1.807, 2.05) is 0 Å². The van der Waals surface area contributed by atoms with Crippen LogP contribution in [-0.4, -0.2) is 16.8 Å². The van der Waals surface area contributed by atoms with E-state index in [1.165, 1.54) is 12.1 Å². The molecule has 1 aliphatic carbocycles. The van der Waals surface area contributed by atoms with Crippen molar-refractivity contribution in [3.8, 4) is 0 Å². The minimum Gasteiger partial charge on any atom is -0.399 e. The van der Waals surface area contributed by atoms with Crippen molar-refractivity contribution in [2.24, 2.45) is 0 Å². The molecule has 1 fully saturated rings. The van der Waals surface area contributed by atoms with Gasteiger partial charge in [0.15, 0.2) is 0 Å². The van der Waals surface area contributed by atoms with Gasteiger partial charge in [-0.25, -0.2) is 0 Å². The van der Waals surface area contributed by atoms with E-state index in [0.717, 1.165) is 25.0 Å². The highest BCUT2D eigenvalue weighted by molar-refractivity contribution is 5.95. The minimum absolute atomic E-state index is 0.140. The number of nitrogen functional groups attached to an aromatic ring is 1. The lowest BCUT2D eigenvalue weighted by Crippen LogP contribution is -2.32. The summed E-state index contributed by atoms with van der Waals surface area (Å²) in [6, 6.07) is 11.8. The normalized spacial score (nSPS) is 14.5. The van der Waals surface area contributed by atoms with Crippen LogP contribution >= 0.6 is 0 Å². The summed E-state index contributed by atoms with van der Waals surface area (Å²) >= 11 is 0. The van der Waals surface area contributed by atoms with Crippen LogP contribution in [0.15, 0.2) is 48.5 Å². The van der Waals surface area contributed by atoms with Crippen molar-refractivity contribution < 1.29 is 18.0 Å². The van der Waals surface area contributed by atoms with Crippen molar-refractivity contribution in [1.82, 2.24) is 4.90 Å². The van der Waals surface area contributed by atoms with Crippen LogP contribution in [0.5, 0.6) is 0 Å². The monoisotopic (exact) mass is 334 g/mol. The molecule has 0 unspecified atom stereocenters. The van der Waals surface area contributed by atoms with Crippen molar-refractivity contribution in [3.63, 3.8) is 0 Å². The first-order valence-electron chi connectivity index (χ1n) is 7.67. The van der Waals surface area contributed by atoms with E-state index in [0.29, 0.717) is 16.8 Å². The van der Waals surface area contributed by atoms with Gasteiger partial charge < -0.3 is 10.6 Å². The second-order valence-corrected chi connectivity index (χ2v) is 5.98. The highest BCUT2D eigenvalue weighted by atomic mass is 19.4. The van der Waals surface area contributed by atoms with Gasteiger partial charge in [-0.05, 0) is 48.7 Å². The quantitative estimate of drug-likeness (QED) is 0.856. The summed E-state index contributed by atoms with van der Waals surface area (Å²) in [4.78, 5) is 14.4. The fourth-order valence-electron chi connectivity index (χ4n) is 2.59. The number of hydrogen-bond donors (Lipinski definition) is 1. The van der Waals surface area contributed by atoms with Crippen LogP contribution in [0.1, 0.15) is 34.3 Å². The molecule has 0 spiro atoms. The fourth-order valence-corrected chi connectivity index (χ4v) is 2.59. The third-order valence-electron chi connectivity index (χ3n) is 4.02. The molecule has 1 saturated carbocycles. The van der Waals surface area contributed by atoms with Gasteiger partial charge in [-0.15, -0.1) is 0 Å². The Morgan fingerprint density at radius 2 is 1.79 bits per heavy atom. The highest BCUT2D eigenvalue weighted by Gasteiger charge is 2.34. The Kier molecular flexibility index (Phi) is 4.22. The largest absolute Gasteiger partial charge is 0.416 e. The Bertz CT molecular complexity index is 737. The molecule has 2 N–H and O–H groups in total. The van der Waals surface area contributed by atoms with Gasteiger partial charge in [0, 0.05) is 23.8 Å². The van der Waals surface area contributed by atoms with E-state index in [1.54, 1.807) is 29.2 Å². The first kappa shape index (κ1) is 16.4. The van der Waals surface area contributed by atoms with Gasteiger partial charge >= 0.3 is 6.18 Å². The zero-order chi connectivity index (χ0) is 17.3. The van der Waals surface area contributed by atoms with Crippen molar-refractivity contribution in [1.29, 1.82) is 0 Å². The van der Waals surface area contributed by atoms with Gasteiger partial charge in [0.2, 0.25) is 0 Å². The number of anilines is 1. The molecule has 2 aromatic rings. The lowest BCUT2D eigenvalue weighted by molar-refractivity contribution is -0.137. The lowest BCUT2D eigenvalue weighted by Gasteiger charge is -2.23. The molecule has 0 bridgehead atoms. The molecule has 3 nitrogen and oxygen atoms in total. The van der Waals surface area contributed by atoms with Crippen molar-refractivity contribution in [2.45, 2.75) is 31.6 Å². The van der Waals surface area contributed by atoms with Gasteiger partial charge in [-0.2, -0.15) is 13.2 Å². The summed E-state index contributed by atoms with van der Waals surface area (Å²) in [5.41, 5.74) is 6.71. The molecular weight excluding hydrogens is 317 g/mol. The molecule has 1 aliphatic rings. The van der Waals surface area contributed by atoms with E-state index in [4.69, 9.17) is 5.73 Å². The van der Waals surface area contributed by atoms with E-state index in [2.05, 4.69) is 0 Å². The summed E-state index contributed by atoms with van der Waals surface area (Å²) in [6.45, 7) is 0.288. The zero-order valence-corrected chi connectivity index (χ0v) is 12.9. The maximum atomic E-state index is 12.7. The molecule has 126 valence electrons. The Balaban J connectivity index is 1.78. The topological polar surface area (TPSA) is 46.3 Å². The Morgan fingerprint density at radius 3 is 2.33 bits per heavy atom. The van der Waals surface area contributed by atoms with Gasteiger partial charge in [0.25, 0.3) is 5.91 Å². The van der Waals surface area contributed by atoms with Crippen LogP contribution in [0.25, 0.3) is 0 Å². The van der Waals surface area contributed by atoms with Crippen LogP contribution < -0.4 is 5.73 Å². The summed E-state index contributed by atoms with van der Waals surface area (Å²) in [5.74, 6) is -0.148. The number of alkyl halides is 3. The molecule has 6 heteroatoms. The van der Waals surface area contributed by atoms with Gasteiger partial charge in [-0.1, -0.05) is 18.2 Å². The third-order valence-corrected chi connectivity index (χ3v) is 4.02. The number of carbonyl (C=O) groups excluding carboxylic acids is 1. The predicted molar refractivity (Wildman–Crippen MR) is 85.2 cm³/mol. The number of benzene rings is 2. The average Bonchev–Trinajstić information content (AvgIpc) is 3.36. The predicted octanol–water partition coefficient (Wildman–Crippen LogP) is 4.09. The molecule has 24 heavy (non-hydrogen) atoms. The van der Waals surface area contributed by atoms with Gasteiger partial charge in [0.1, 0.15) is 0 Å². The number of hydrogen-bond acceptors (Lipinski definition) is 2. The fraction of sp³-hybridized carbons (Fsp3) is 0.278. The van der Waals surface area contributed by atoms with Crippen molar-refractivity contribution in [2.75, 3.05) is 5.73 Å².